The predicted molar refractivity (Wildman–Crippen MR) is 84.2 cm³/mol. The Morgan fingerprint density at radius 1 is 1.11 bits per heavy atom. The maximum atomic E-state index is 10.5. The van der Waals surface area contributed by atoms with Crippen molar-refractivity contribution < 1.29 is 9.52 Å². The summed E-state index contributed by atoms with van der Waals surface area (Å²) in [5.74, 6) is 0.588. The van der Waals surface area contributed by atoms with Crippen molar-refractivity contribution in [3.63, 3.8) is 0 Å². The van der Waals surface area contributed by atoms with Crippen molar-refractivity contribution in [3.8, 4) is 0 Å². The molecule has 1 aromatic heterocycles. The second-order valence-electron chi connectivity index (χ2n) is 4.57. The molecule has 0 bridgehead atoms. The lowest BCUT2D eigenvalue weighted by molar-refractivity contribution is 0.191. The van der Waals surface area contributed by atoms with Crippen molar-refractivity contribution in [2.24, 2.45) is 0 Å². The van der Waals surface area contributed by atoms with Crippen LogP contribution in [0.5, 0.6) is 0 Å². The summed E-state index contributed by atoms with van der Waals surface area (Å²) in [6.45, 7) is 2.04. The molecule has 96 valence electrons. The molecule has 2 nitrogen and oxygen atoms in total. The molecule has 0 spiro atoms. The molecule has 2 aromatic carbocycles. The molecule has 0 saturated carbocycles. The first kappa shape index (κ1) is 12.7. The Kier molecular flexibility index (Phi) is 3.33. The van der Waals surface area contributed by atoms with Crippen molar-refractivity contribution in [3.05, 3.63) is 69.0 Å². The smallest absolute Gasteiger partial charge is 0.138 e. The van der Waals surface area contributed by atoms with E-state index in [-0.39, 0.29) is 0 Å². The van der Waals surface area contributed by atoms with Crippen LogP contribution in [0.4, 0.5) is 0 Å². The van der Waals surface area contributed by atoms with Crippen molar-refractivity contribution in [1.82, 2.24) is 0 Å². The molecule has 3 rings (SSSR count). The number of aliphatic hydroxyl groups is 1. The molecule has 1 atom stereocenters. The van der Waals surface area contributed by atoms with Gasteiger partial charge in [0.05, 0.1) is 0 Å². The third-order valence-corrected chi connectivity index (χ3v) is 4.70. The SMILES string of the molecule is Cc1cccc(C(O)c2cc3ccccc3o2)c1I. The van der Waals surface area contributed by atoms with Crippen molar-refractivity contribution in [1.29, 1.82) is 0 Å². The molecule has 0 saturated heterocycles. The minimum absolute atomic E-state index is 0.588. The second kappa shape index (κ2) is 4.98. The fourth-order valence-corrected chi connectivity index (χ4v) is 2.83. The zero-order valence-corrected chi connectivity index (χ0v) is 12.6. The molecule has 0 aliphatic carbocycles. The molecule has 0 aliphatic rings. The lowest BCUT2D eigenvalue weighted by Gasteiger charge is -2.11. The summed E-state index contributed by atoms with van der Waals surface area (Å²) in [6.07, 6.45) is -0.723. The van der Waals surface area contributed by atoms with E-state index < -0.39 is 6.10 Å². The number of hydrogen-bond acceptors (Lipinski definition) is 2. The van der Waals surface area contributed by atoms with Gasteiger partial charge in [-0.3, -0.25) is 0 Å². The summed E-state index contributed by atoms with van der Waals surface area (Å²) in [5, 5.41) is 11.5. The van der Waals surface area contributed by atoms with E-state index in [9.17, 15) is 5.11 Å². The minimum atomic E-state index is -0.723. The standard InChI is InChI=1S/C16H13IO2/c1-10-5-4-7-12(15(10)17)16(18)14-9-11-6-2-3-8-13(11)19-14/h2-9,16,18H,1H3. The highest BCUT2D eigenvalue weighted by atomic mass is 127. The van der Waals surface area contributed by atoms with E-state index in [2.05, 4.69) is 22.6 Å². The number of aliphatic hydroxyl groups excluding tert-OH is 1. The molecule has 3 heteroatoms. The molecule has 19 heavy (non-hydrogen) atoms. The number of para-hydroxylation sites is 1. The molecular formula is C16H13IO2. The summed E-state index contributed by atoms with van der Waals surface area (Å²) in [5.41, 5.74) is 2.85. The average molecular weight is 364 g/mol. The first-order chi connectivity index (χ1) is 9.16. The van der Waals surface area contributed by atoms with Crippen molar-refractivity contribution in [2.45, 2.75) is 13.0 Å². The van der Waals surface area contributed by atoms with Gasteiger partial charge in [0.1, 0.15) is 17.4 Å². The Hall–Kier alpha value is -1.33. The number of hydrogen-bond donors (Lipinski definition) is 1. The van der Waals surface area contributed by atoms with E-state index in [0.29, 0.717) is 5.76 Å². The molecule has 3 aromatic rings. The van der Waals surface area contributed by atoms with Gasteiger partial charge in [-0.25, -0.2) is 0 Å². The predicted octanol–water partition coefficient (Wildman–Crippen LogP) is 4.43. The van der Waals surface area contributed by atoms with Gasteiger partial charge in [-0.2, -0.15) is 0 Å². The van der Waals surface area contributed by atoms with Gasteiger partial charge in [0, 0.05) is 14.5 Å². The topological polar surface area (TPSA) is 33.4 Å². The van der Waals surface area contributed by atoms with Gasteiger partial charge in [0.15, 0.2) is 0 Å². The number of rotatable bonds is 2. The van der Waals surface area contributed by atoms with Crippen LogP contribution in [-0.4, -0.2) is 5.11 Å². The van der Waals surface area contributed by atoms with Crippen LogP contribution in [0.1, 0.15) is 23.0 Å². The Morgan fingerprint density at radius 3 is 2.68 bits per heavy atom. The van der Waals surface area contributed by atoms with Crippen molar-refractivity contribution >= 4 is 33.6 Å². The molecular weight excluding hydrogens is 351 g/mol. The molecule has 0 radical (unpaired) electrons. The lowest BCUT2D eigenvalue weighted by atomic mass is 10.0. The van der Waals surface area contributed by atoms with Crippen LogP contribution in [-0.2, 0) is 0 Å². The Bertz CT molecular complexity index is 697. The number of fused-ring (bicyclic) bond motifs is 1. The highest BCUT2D eigenvalue weighted by Crippen LogP contribution is 2.31. The Morgan fingerprint density at radius 2 is 1.89 bits per heavy atom. The number of aryl methyl sites for hydroxylation is 1. The van der Waals surface area contributed by atoms with Crippen LogP contribution in [0.2, 0.25) is 0 Å². The summed E-state index contributed by atoms with van der Waals surface area (Å²) < 4.78 is 6.80. The van der Waals surface area contributed by atoms with Crippen molar-refractivity contribution in [2.75, 3.05) is 0 Å². The fraction of sp³-hybridized carbons (Fsp3) is 0.125. The number of furan rings is 1. The second-order valence-corrected chi connectivity index (χ2v) is 5.65. The summed E-state index contributed by atoms with van der Waals surface area (Å²) in [4.78, 5) is 0. The van der Waals surface area contributed by atoms with Crippen LogP contribution in [0.3, 0.4) is 0 Å². The lowest BCUT2D eigenvalue weighted by Crippen LogP contribution is -2.01. The third-order valence-electron chi connectivity index (χ3n) is 3.23. The zero-order valence-electron chi connectivity index (χ0n) is 10.4. The quantitative estimate of drug-likeness (QED) is 0.683. The largest absolute Gasteiger partial charge is 0.458 e. The molecule has 0 amide bonds. The maximum Gasteiger partial charge on any atom is 0.138 e. The minimum Gasteiger partial charge on any atom is -0.458 e. The molecule has 1 heterocycles. The van der Waals surface area contributed by atoms with Crippen LogP contribution >= 0.6 is 22.6 Å². The van der Waals surface area contributed by atoms with Crippen LogP contribution < -0.4 is 0 Å². The van der Waals surface area contributed by atoms with E-state index in [4.69, 9.17) is 4.42 Å². The highest BCUT2D eigenvalue weighted by molar-refractivity contribution is 14.1. The van der Waals surface area contributed by atoms with Gasteiger partial charge in [-0.1, -0.05) is 36.4 Å². The maximum absolute atomic E-state index is 10.5. The molecule has 1 unspecified atom stereocenters. The average Bonchev–Trinajstić information content (AvgIpc) is 2.85. The van der Waals surface area contributed by atoms with Gasteiger partial charge in [0.25, 0.3) is 0 Å². The van der Waals surface area contributed by atoms with E-state index in [0.717, 1.165) is 25.7 Å². The normalized spacial score (nSPS) is 12.8. The van der Waals surface area contributed by atoms with E-state index in [1.165, 1.54) is 0 Å². The molecule has 0 aliphatic heterocycles. The Balaban J connectivity index is 2.08. The van der Waals surface area contributed by atoms with Gasteiger partial charge < -0.3 is 9.52 Å². The Labute approximate surface area is 125 Å². The van der Waals surface area contributed by atoms with Gasteiger partial charge >= 0.3 is 0 Å². The van der Waals surface area contributed by atoms with Gasteiger partial charge in [0.2, 0.25) is 0 Å². The molecule has 0 fully saturated rings. The summed E-state index contributed by atoms with van der Waals surface area (Å²) >= 11 is 2.26. The van der Waals surface area contributed by atoms with Crippen LogP contribution in [0, 0.1) is 10.5 Å². The molecule has 1 N–H and O–H groups in total. The van der Waals surface area contributed by atoms with E-state index in [1.54, 1.807) is 0 Å². The summed E-state index contributed by atoms with van der Waals surface area (Å²) in [7, 11) is 0. The number of benzene rings is 2. The van der Waals surface area contributed by atoms with E-state index >= 15 is 0 Å². The first-order valence-corrected chi connectivity index (χ1v) is 7.16. The van der Waals surface area contributed by atoms with Gasteiger partial charge in [-0.15, -0.1) is 0 Å². The first-order valence-electron chi connectivity index (χ1n) is 6.08. The van der Waals surface area contributed by atoms with Crippen LogP contribution in [0.15, 0.2) is 52.9 Å². The number of halogens is 1. The third kappa shape index (κ3) is 2.28. The van der Waals surface area contributed by atoms with E-state index in [1.807, 2.05) is 55.5 Å². The highest BCUT2D eigenvalue weighted by Gasteiger charge is 2.18. The monoisotopic (exact) mass is 364 g/mol. The zero-order chi connectivity index (χ0) is 13.4. The van der Waals surface area contributed by atoms with Gasteiger partial charge in [-0.05, 0) is 47.2 Å². The fourth-order valence-electron chi connectivity index (χ4n) is 2.17. The van der Waals surface area contributed by atoms with Crippen LogP contribution in [0.25, 0.3) is 11.0 Å². The summed E-state index contributed by atoms with van der Waals surface area (Å²) in [6, 6.07) is 15.6.